The fourth-order valence-corrected chi connectivity index (χ4v) is 2.90. The number of nitrogens with one attached hydrogen (secondary N) is 1. The van der Waals surface area contributed by atoms with Crippen LogP contribution in [0.25, 0.3) is 5.69 Å². The number of carbonyl (C=O) groups excluding carboxylic acids is 1. The highest BCUT2D eigenvalue weighted by Gasteiger charge is 2.34. The maximum atomic E-state index is 12.7. The van der Waals surface area contributed by atoms with Crippen molar-refractivity contribution in [2.75, 3.05) is 18.4 Å². The van der Waals surface area contributed by atoms with Crippen LogP contribution in [0.2, 0.25) is 0 Å². The summed E-state index contributed by atoms with van der Waals surface area (Å²) in [5.74, 6) is -1.10. The molecule has 2 aromatic rings. The van der Waals surface area contributed by atoms with E-state index in [0.717, 1.165) is 5.69 Å². The molecule has 0 spiro atoms. The zero-order chi connectivity index (χ0) is 17.8. The van der Waals surface area contributed by atoms with E-state index in [-0.39, 0.29) is 12.5 Å². The molecule has 1 aliphatic rings. The molecule has 3 rings (SSSR count). The average molecular weight is 344 g/mol. The molecule has 2 N–H and O–H groups in total. The second kappa shape index (κ2) is 7.29. The first-order valence-electron chi connectivity index (χ1n) is 8.22. The van der Waals surface area contributed by atoms with Crippen molar-refractivity contribution in [1.82, 2.24) is 25.1 Å². The number of aliphatic carboxylic acids is 1. The van der Waals surface area contributed by atoms with Crippen molar-refractivity contribution >= 4 is 17.8 Å². The SMILES string of the molecule is CC[C@H](Nc1nnnn1-c1ccccc1)C(=O)N1CC[C@H](C(=O)O)C1. The molecule has 0 radical (unpaired) electrons. The summed E-state index contributed by atoms with van der Waals surface area (Å²) in [5, 5.41) is 23.8. The van der Waals surface area contributed by atoms with Crippen LogP contribution in [0, 0.1) is 5.92 Å². The first kappa shape index (κ1) is 16.9. The molecule has 0 saturated carbocycles. The summed E-state index contributed by atoms with van der Waals surface area (Å²) in [6.07, 6.45) is 1.02. The van der Waals surface area contributed by atoms with Crippen molar-refractivity contribution in [3.05, 3.63) is 30.3 Å². The normalized spacial score (nSPS) is 18.1. The largest absolute Gasteiger partial charge is 0.481 e. The van der Waals surface area contributed by atoms with Crippen LogP contribution in [0.1, 0.15) is 19.8 Å². The van der Waals surface area contributed by atoms with E-state index in [0.29, 0.717) is 25.3 Å². The Hall–Kier alpha value is -2.97. The number of hydrogen-bond acceptors (Lipinski definition) is 6. The van der Waals surface area contributed by atoms with Gasteiger partial charge in [0.1, 0.15) is 6.04 Å². The zero-order valence-corrected chi connectivity index (χ0v) is 13.9. The van der Waals surface area contributed by atoms with Crippen LogP contribution in [-0.2, 0) is 9.59 Å². The van der Waals surface area contributed by atoms with E-state index in [1.54, 1.807) is 4.90 Å². The van der Waals surface area contributed by atoms with Gasteiger partial charge in [-0.2, -0.15) is 4.68 Å². The van der Waals surface area contributed by atoms with Crippen molar-refractivity contribution in [1.29, 1.82) is 0 Å². The first-order chi connectivity index (χ1) is 12.1. The standard InChI is InChI=1S/C16H20N6O3/c1-2-13(14(23)21-9-8-11(10-21)15(24)25)17-16-18-19-20-22(16)12-6-4-3-5-7-12/h3-7,11,13H,2,8-10H2,1H3,(H,24,25)(H,17,18,20)/t11-,13-/m0/s1. The third-order valence-electron chi connectivity index (χ3n) is 4.33. The highest BCUT2D eigenvalue weighted by Crippen LogP contribution is 2.19. The predicted molar refractivity (Wildman–Crippen MR) is 89.2 cm³/mol. The van der Waals surface area contributed by atoms with Gasteiger partial charge in [-0.25, -0.2) is 0 Å². The number of carboxylic acid groups (broad SMARTS) is 1. The van der Waals surface area contributed by atoms with Gasteiger partial charge in [-0.15, -0.1) is 0 Å². The van der Waals surface area contributed by atoms with E-state index >= 15 is 0 Å². The van der Waals surface area contributed by atoms with Crippen molar-refractivity contribution in [2.45, 2.75) is 25.8 Å². The summed E-state index contributed by atoms with van der Waals surface area (Å²) in [4.78, 5) is 25.4. The van der Waals surface area contributed by atoms with Crippen molar-refractivity contribution in [2.24, 2.45) is 5.92 Å². The van der Waals surface area contributed by atoms with E-state index in [9.17, 15) is 9.59 Å². The zero-order valence-electron chi connectivity index (χ0n) is 13.9. The van der Waals surface area contributed by atoms with Gasteiger partial charge in [0.15, 0.2) is 0 Å². The molecular formula is C16H20N6O3. The Morgan fingerprint density at radius 1 is 1.36 bits per heavy atom. The fourth-order valence-electron chi connectivity index (χ4n) is 2.90. The number of likely N-dealkylation sites (tertiary alicyclic amines) is 1. The lowest BCUT2D eigenvalue weighted by atomic mass is 10.1. The van der Waals surface area contributed by atoms with E-state index < -0.39 is 17.9 Å². The number of aromatic nitrogens is 4. The van der Waals surface area contributed by atoms with Gasteiger partial charge in [0.05, 0.1) is 11.6 Å². The summed E-state index contributed by atoms with van der Waals surface area (Å²) < 4.78 is 1.53. The van der Waals surface area contributed by atoms with Crippen LogP contribution >= 0.6 is 0 Å². The lowest BCUT2D eigenvalue weighted by molar-refractivity contribution is -0.141. The highest BCUT2D eigenvalue weighted by molar-refractivity contribution is 5.85. The van der Waals surface area contributed by atoms with Crippen LogP contribution in [-0.4, -0.2) is 61.2 Å². The van der Waals surface area contributed by atoms with E-state index in [1.165, 1.54) is 4.68 Å². The van der Waals surface area contributed by atoms with Crippen LogP contribution in [0.3, 0.4) is 0 Å². The van der Waals surface area contributed by atoms with E-state index in [4.69, 9.17) is 5.11 Å². The third-order valence-corrected chi connectivity index (χ3v) is 4.33. The van der Waals surface area contributed by atoms with Gasteiger partial charge in [0.25, 0.3) is 0 Å². The Bertz CT molecular complexity index is 747. The van der Waals surface area contributed by atoms with Crippen molar-refractivity contribution in [3.8, 4) is 5.69 Å². The number of para-hydroxylation sites is 1. The fraction of sp³-hybridized carbons (Fsp3) is 0.438. The smallest absolute Gasteiger partial charge is 0.308 e. The molecule has 0 unspecified atom stereocenters. The molecule has 2 heterocycles. The molecule has 0 bridgehead atoms. The van der Waals surface area contributed by atoms with Crippen molar-refractivity contribution in [3.63, 3.8) is 0 Å². The summed E-state index contributed by atoms with van der Waals surface area (Å²) in [5.41, 5.74) is 0.782. The number of tetrazole rings is 1. The maximum absolute atomic E-state index is 12.7. The van der Waals surface area contributed by atoms with Crippen LogP contribution < -0.4 is 5.32 Å². The Kier molecular flexibility index (Phi) is 4.92. The van der Waals surface area contributed by atoms with Gasteiger partial charge in [-0.3, -0.25) is 9.59 Å². The predicted octanol–water partition coefficient (Wildman–Crippen LogP) is 0.786. The van der Waals surface area contributed by atoms with Gasteiger partial charge in [0, 0.05) is 13.1 Å². The number of rotatable bonds is 6. The van der Waals surface area contributed by atoms with E-state index in [1.807, 2.05) is 37.3 Å². The maximum Gasteiger partial charge on any atom is 0.308 e. The van der Waals surface area contributed by atoms with Crippen LogP contribution in [0.4, 0.5) is 5.95 Å². The quantitative estimate of drug-likeness (QED) is 0.796. The van der Waals surface area contributed by atoms with Gasteiger partial charge < -0.3 is 15.3 Å². The Balaban J connectivity index is 1.72. The molecule has 25 heavy (non-hydrogen) atoms. The highest BCUT2D eigenvalue weighted by atomic mass is 16.4. The second-order valence-corrected chi connectivity index (χ2v) is 5.96. The minimum absolute atomic E-state index is 0.131. The molecule has 9 heteroatoms. The molecule has 1 aromatic carbocycles. The molecule has 2 atom stereocenters. The number of hydrogen-bond donors (Lipinski definition) is 2. The molecular weight excluding hydrogens is 324 g/mol. The lowest BCUT2D eigenvalue weighted by Crippen LogP contribution is -2.42. The number of carbonyl (C=O) groups is 2. The molecule has 9 nitrogen and oxygen atoms in total. The van der Waals surface area contributed by atoms with Crippen molar-refractivity contribution < 1.29 is 14.7 Å². The second-order valence-electron chi connectivity index (χ2n) is 5.96. The average Bonchev–Trinajstić information content (AvgIpc) is 3.29. The van der Waals surface area contributed by atoms with Gasteiger partial charge >= 0.3 is 5.97 Å². The number of amides is 1. The topological polar surface area (TPSA) is 113 Å². The monoisotopic (exact) mass is 344 g/mol. The molecule has 0 aliphatic carbocycles. The number of benzene rings is 1. The molecule has 1 aliphatic heterocycles. The Morgan fingerprint density at radius 3 is 2.76 bits per heavy atom. The number of anilines is 1. The minimum Gasteiger partial charge on any atom is -0.481 e. The van der Waals surface area contributed by atoms with Crippen LogP contribution in [0.5, 0.6) is 0 Å². The number of nitrogens with zero attached hydrogens (tertiary/aromatic N) is 5. The van der Waals surface area contributed by atoms with Crippen LogP contribution in [0.15, 0.2) is 30.3 Å². The molecule has 1 fully saturated rings. The first-order valence-corrected chi connectivity index (χ1v) is 8.22. The Labute approximate surface area is 144 Å². The summed E-state index contributed by atoms with van der Waals surface area (Å²) in [6, 6.07) is 8.86. The lowest BCUT2D eigenvalue weighted by Gasteiger charge is -2.23. The Morgan fingerprint density at radius 2 is 2.12 bits per heavy atom. The molecule has 132 valence electrons. The van der Waals surface area contributed by atoms with Gasteiger partial charge in [0.2, 0.25) is 11.9 Å². The van der Waals surface area contributed by atoms with Gasteiger partial charge in [-0.1, -0.05) is 30.2 Å². The molecule has 1 amide bonds. The molecule has 1 aromatic heterocycles. The van der Waals surface area contributed by atoms with E-state index in [2.05, 4.69) is 20.8 Å². The number of carboxylic acids is 1. The third kappa shape index (κ3) is 3.59. The minimum atomic E-state index is -0.857. The van der Waals surface area contributed by atoms with Gasteiger partial charge in [-0.05, 0) is 35.4 Å². The summed E-state index contributed by atoms with van der Waals surface area (Å²) in [7, 11) is 0. The summed E-state index contributed by atoms with van der Waals surface area (Å²) >= 11 is 0. The summed E-state index contributed by atoms with van der Waals surface area (Å²) in [6.45, 7) is 2.59. The molecule has 1 saturated heterocycles.